The van der Waals surface area contributed by atoms with Crippen LogP contribution < -0.4 is 14.9 Å². The van der Waals surface area contributed by atoms with Crippen molar-refractivity contribution in [1.82, 2.24) is 4.57 Å². The Labute approximate surface area is 152 Å². The van der Waals surface area contributed by atoms with Crippen LogP contribution >= 0.6 is 0 Å². The van der Waals surface area contributed by atoms with Gasteiger partial charge in [0, 0.05) is 41.9 Å². The monoisotopic (exact) mass is 353 g/mol. The van der Waals surface area contributed by atoms with Crippen molar-refractivity contribution in [2.24, 2.45) is 0 Å². The van der Waals surface area contributed by atoms with Gasteiger partial charge in [0.05, 0.1) is 13.7 Å². The molecule has 1 heterocycles. The van der Waals surface area contributed by atoms with Gasteiger partial charge in [-0.1, -0.05) is 12.2 Å². The predicted octanol–water partition coefficient (Wildman–Crippen LogP) is 3.45. The largest absolute Gasteiger partial charge is 0.493 e. The first kappa shape index (κ1) is 18.0. The summed E-state index contributed by atoms with van der Waals surface area (Å²) in [6.45, 7) is 3.84. The van der Waals surface area contributed by atoms with Crippen LogP contribution in [0.25, 0.3) is 0 Å². The quantitative estimate of drug-likeness (QED) is 0.589. The summed E-state index contributed by atoms with van der Waals surface area (Å²) in [7, 11) is 1.59. The number of aromatic nitrogens is 1. The Bertz CT molecular complexity index is 876. The van der Waals surface area contributed by atoms with Crippen LogP contribution in [0.15, 0.2) is 47.3 Å². The third-order valence-corrected chi connectivity index (χ3v) is 4.60. The lowest BCUT2D eigenvalue weighted by atomic mass is 10.1. The minimum Gasteiger partial charge on any atom is -0.493 e. The fraction of sp³-hybridized carbons (Fsp3) is 0.333. The van der Waals surface area contributed by atoms with E-state index in [0.29, 0.717) is 17.1 Å². The number of pyridine rings is 1. The third kappa shape index (κ3) is 3.87. The van der Waals surface area contributed by atoms with E-state index in [1.807, 2.05) is 18.4 Å². The Morgan fingerprint density at radius 3 is 2.35 bits per heavy atom. The number of hydrogen-bond acceptors (Lipinski definition) is 4. The predicted molar refractivity (Wildman–Crippen MR) is 100 cm³/mol. The van der Waals surface area contributed by atoms with Crippen molar-refractivity contribution in [1.29, 1.82) is 0 Å². The SMILES string of the molecule is COc1ccc(C(=O)Cn2c(C)cc(=O)cc2C)cc1OC1CC=CC1. The van der Waals surface area contributed by atoms with Crippen LogP contribution in [0.1, 0.15) is 34.6 Å². The molecule has 1 aliphatic rings. The maximum atomic E-state index is 12.8. The Kier molecular flexibility index (Phi) is 5.26. The molecule has 0 bridgehead atoms. The summed E-state index contributed by atoms with van der Waals surface area (Å²) in [6.07, 6.45) is 5.98. The fourth-order valence-electron chi connectivity index (χ4n) is 3.18. The molecule has 0 unspecified atom stereocenters. The molecule has 0 aliphatic heterocycles. The molecule has 3 rings (SSSR count). The number of rotatable bonds is 6. The van der Waals surface area contributed by atoms with Gasteiger partial charge in [-0.05, 0) is 32.0 Å². The van der Waals surface area contributed by atoms with Crippen molar-refractivity contribution < 1.29 is 14.3 Å². The molecule has 1 aromatic heterocycles. The highest BCUT2D eigenvalue weighted by Crippen LogP contribution is 2.31. The van der Waals surface area contributed by atoms with Crippen LogP contribution in [-0.4, -0.2) is 23.6 Å². The first-order chi connectivity index (χ1) is 12.5. The first-order valence-corrected chi connectivity index (χ1v) is 8.69. The molecule has 1 aromatic carbocycles. The average Bonchev–Trinajstić information content (AvgIpc) is 3.11. The van der Waals surface area contributed by atoms with Gasteiger partial charge in [0.15, 0.2) is 22.7 Å². The lowest BCUT2D eigenvalue weighted by Crippen LogP contribution is -2.18. The summed E-state index contributed by atoms with van der Waals surface area (Å²) in [4.78, 5) is 24.4. The highest BCUT2D eigenvalue weighted by atomic mass is 16.5. The van der Waals surface area contributed by atoms with Gasteiger partial charge in [-0.2, -0.15) is 0 Å². The van der Waals surface area contributed by atoms with E-state index >= 15 is 0 Å². The van der Waals surface area contributed by atoms with Gasteiger partial charge in [0.2, 0.25) is 0 Å². The highest BCUT2D eigenvalue weighted by Gasteiger charge is 2.17. The van der Waals surface area contributed by atoms with Crippen molar-refractivity contribution in [2.45, 2.75) is 39.3 Å². The maximum Gasteiger partial charge on any atom is 0.182 e. The Balaban J connectivity index is 1.84. The number of methoxy groups -OCH3 is 1. The summed E-state index contributed by atoms with van der Waals surface area (Å²) in [5.41, 5.74) is 2.05. The standard InChI is InChI=1S/C21H23NO4/c1-14-10-17(23)11-15(2)22(14)13-19(24)16-8-9-20(25-3)21(12-16)26-18-6-4-5-7-18/h4-5,8-12,18H,6-7,13H2,1-3H3. The number of Topliss-reactive ketones (excluding diaryl/α,β-unsaturated/α-hetero) is 1. The van der Waals surface area contributed by atoms with Crippen molar-refractivity contribution in [3.63, 3.8) is 0 Å². The van der Waals surface area contributed by atoms with Gasteiger partial charge in [-0.15, -0.1) is 0 Å². The van der Waals surface area contributed by atoms with Crippen LogP contribution in [-0.2, 0) is 6.54 Å². The molecule has 0 amide bonds. The molecule has 1 aliphatic carbocycles. The Hall–Kier alpha value is -2.82. The number of benzene rings is 1. The number of hydrogen-bond donors (Lipinski definition) is 0. The van der Waals surface area contributed by atoms with E-state index in [1.165, 1.54) is 12.1 Å². The number of carbonyl (C=O) groups is 1. The molecule has 136 valence electrons. The van der Waals surface area contributed by atoms with Crippen LogP contribution in [0.4, 0.5) is 0 Å². The molecule has 0 radical (unpaired) electrons. The number of ketones is 1. The molecular formula is C21H23NO4. The molecule has 0 fully saturated rings. The highest BCUT2D eigenvalue weighted by molar-refractivity contribution is 5.96. The summed E-state index contributed by atoms with van der Waals surface area (Å²) in [6, 6.07) is 8.32. The zero-order valence-electron chi connectivity index (χ0n) is 15.3. The average molecular weight is 353 g/mol. The minimum absolute atomic E-state index is 0.0445. The Morgan fingerprint density at radius 1 is 1.08 bits per heavy atom. The molecule has 26 heavy (non-hydrogen) atoms. The lowest BCUT2D eigenvalue weighted by Gasteiger charge is -2.17. The number of nitrogens with zero attached hydrogens (tertiary/aromatic N) is 1. The van der Waals surface area contributed by atoms with Gasteiger partial charge < -0.3 is 14.0 Å². The van der Waals surface area contributed by atoms with Gasteiger partial charge >= 0.3 is 0 Å². The summed E-state index contributed by atoms with van der Waals surface area (Å²) in [5.74, 6) is 1.15. The first-order valence-electron chi connectivity index (χ1n) is 8.69. The zero-order chi connectivity index (χ0) is 18.7. The zero-order valence-corrected chi connectivity index (χ0v) is 15.3. The lowest BCUT2D eigenvalue weighted by molar-refractivity contribution is 0.0969. The second kappa shape index (κ2) is 7.60. The van der Waals surface area contributed by atoms with E-state index in [-0.39, 0.29) is 23.9 Å². The molecule has 0 N–H and O–H groups in total. The van der Waals surface area contributed by atoms with Gasteiger partial charge in [0.1, 0.15) is 6.10 Å². The second-order valence-electron chi connectivity index (χ2n) is 6.53. The van der Waals surface area contributed by atoms with Crippen molar-refractivity contribution in [2.75, 3.05) is 7.11 Å². The smallest absolute Gasteiger partial charge is 0.182 e. The van der Waals surface area contributed by atoms with E-state index in [4.69, 9.17) is 9.47 Å². The molecule has 2 aromatic rings. The van der Waals surface area contributed by atoms with Crippen LogP contribution in [0.3, 0.4) is 0 Å². The molecule has 0 atom stereocenters. The van der Waals surface area contributed by atoms with E-state index in [2.05, 4.69) is 12.2 Å². The van der Waals surface area contributed by atoms with E-state index in [9.17, 15) is 9.59 Å². The molecular weight excluding hydrogens is 330 g/mol. The van der Waals surface area contributed by atoms with Gasteiger partial charge in [-0.3, -0.25) is 9.59 Å². The molecule has 5 nitrogen and oxygen atoms in total. The van der Waals surface area contributed by atoms with Crippen molar-refractivity contribution in [3.8, 4) is 11.5 Å². The van der Waals surface area contributed by atoms with Crippen molar-refractivity contribution in [3.05, 3.63) is 69.7 Å². The van der Waals surface area contributed by atoms with Gasteiger partial charge in [0.25, 0.3) is 0 Å². The van der Waals surface area contributed by atoms with Crippen LogP contribution in [0.2, 0.25) is 0 Å². The van der Waals surface area contributed by atoms with Crippen molar-refractivity contribution >= 4 is 5.78 Å². The molecule has 5 heteroatoms. The van der Waals surface area contributed by atoms with E-state index in [1.54, 1.807) is 25.3 Å². The number of ether oxygens (including phenoxy) is 2. The van der Waals surface area contributed by atoms with Crippen LogP contribution in [0, 0.1) is 13.8 Å². The van der Waals surface area contributed by atoms with E-state index < -0.39 is 0 Å². The second-order valence-corrected chi connectivity index (χ2v) is 6.53. The molecule has 0 saturated carbocycles. The topological polar surface area (TPSA) is 57.5 Å². The van der Waals surface area contributed by atoms with Gasteiger partial charge in [-0.25, -0.2) is 0 Å². The minimum atomic E-state index is -0.0472. The summed E-state index contributed by atoms with van der Waals surface area (Å²) < 4.78 is 13.2. The van der Waals surface area contributed by atoms with Crippen LogP contribution in [0.5, 0.6) is 11.5 Å². The Morgan fingerprint density at radius 2 is 1.73 bits per heavy atom. The number of aryl methyl sites for hydroxylation is 2. The van der Waals surface area contributed by atoms with E-state index in [0.717, 1.165) is 24.2 Å². The fourth-order valence-corrected chi connectivity index (χ4v) is 3.18. The normalized spacial score (nSPS) is 13.8. The maximum absolute atomic E-state index is 12.8. The summed E-state index contributed by atoms with van der Waals surface area (Å²) in [5, 5.41) is 0. The molecule has 0 saturated heterocycles. The number of carbonyl (C=O) groups excluding carboxylic acids is 1. The molecule has 0 spiro atoms. The summed E-state index contributed by atoms with van der Waals surface area (Å²) >= 11 is 0. The third-order valence-electron chi connectivity index (χ3n) is 4.60.